The molecule has 0 spiro atoms. The van der Waals surface area contributed by atoms with Crippen LogP contribution in [0.4, 0.5) is 5.69 Å². The number of nitrogens with zero attached hydrogens (tertiary/aromatic N) is 1. The Balaban J connectivity index is 2.04. The third-order valence-corrected chi connectivity index (χ3v) is 4.02. The van der Waals surface area contributed by atoms with Crippen molar-refractivity contribution >= 4 is 23.1 Å². The fourth-order valence-electron chi connectivity index (χ4n) is 2.68. The number of halogens is 1. The summed E-state index contributed by atoms with van der Waals surface area (Å²) in [6.45, 7) is 0. The second kappa shape index (κ2) is 6.24. The van der Waals surface area contributed by atoms with Crippen LogP contribution >= 0.6 is 11.6 Å². The standard InChI is InChI=1S/C18H16ClNO2/c1-22-18-5-3-2-4-16(18)20-11-10-15(21)12-17(20)13-6-8-14(19)9-7-13/h2-11,17H,12H2,1H3/t17-/m1/s1. The highest BCUT2D eigenvalue weighted by Gasteiger charge is 2.26. The molecule has 2 aromatic rings. The zero-order chi connectivity index (χ0) is 15.5. The third-order valence-electron chi connectivity index (χ3n) is 3.77. The molecule has 112 valence electrons. The van der Waals surface area contributed by atoms with Gasteiger partial charge in [-0.25, -0.2) is 0 Å². The number of carbonyl (C=O) groups excluding carboxylic acids is 1. The van der Waals surface area contributed by atoms with Gasteiger partial charge in [-0.1, -0.05) is 35.9 Å². The zero-order valence-corrected chi connectivity index (χ0v) is 13.0. The van der Waals surface area contributed by atoms with Crippen LogP contribution in [0.3, 0.4) is 0 Å². The summed E-state index contributed by atoms with van der Waals surface area (Å²) in [5.41, 5.74) is 1.99. The first-order valence-electron chi connectivity index (χ1n) is 7.07. The van der Waals surface area contributed by atoms with Crippen molar-refractivity contribution in [2.75, 3.05) is 12.0 Å². The SMILES string of the molecule is COc1ccccc1N1C=CC(=O)C[C@@H]1c1ccc(Cl)cc1. The maximum Gasteiger partial charge on any atom is 0.159 e. The first-order valence-corrected chi connectivity index (χ1v) is 7.44. The number of anilines is 1. The highest BCUT2D eigenvalue weighted by atomic mass is 35.5. The molecule has 3 rings (SSSR count). The number of rotatable bonds is 3. The smallest absolute Gasteiger partial charge is 0.159 e. The van der Waals surface area contributed by atoms with Crippen molar-refractivity contribution < 1.29 is 9.53 Å². The van der Waals surface area contributed by atoms with Crippen LogP contribution in [0.25, 0.3) is 0 Å². The number of hydrogen-bond donors (Lipinski definition) is 0. The quantitative estimate of drug-likeness (QED) is 0.842. The average molecular weight is 314 g/mol. The Bertz CT molecular complexity index is 709. The molecule has 4 heteroatoms. The Morgan fingerprint density at radius 2 is 1.86 bits per heavy atom. The van der Waals surface area contributed by atoms with Gasteiger partial charge in [-0.05, 0) is 35.9 Å². The summed E-state index contributed by atoms with van der Waals surface area (Å²) in [6.07, 6.45) is 3.86. The van der Waals surface area contributed by atoms with E-state index in [4.69, 9.17) is 16.3 Å². The molecule has 0 saturated heterocycles. The molecule has 1 heterocycles. The molecular formula is C18H16ClNO2. The zero-order valence-electron chi connectivity index (χ0n) is 12.2. The highest BCUT2D eigenvalue weighted by molar-refractivity contribution is 6.30. The molecular weight excluding hydrogens is 298 g/mol. The van der Waals surface area contributed by atoms with Crippen molar-refractivity contribution in [1.82, 2.24) is 0 Å². The lowest BCUT2D eigenvalue weighted by atomic mass is 9.96. The minimum Gasteiger partial charge on any atom is -0.495 e. The average Bonchev–Trinajstić information content (AvgIpc) is 2.55. The molecule has 0 bridgehead atoms. The first-order chi connectivity index (χ1) is 10.7. The molecule has 2 aromatic carbocycles. The number of benzene rings is 2. The van der Waals surface area contributed by atoms with E-state index in [0.717, 1.165) is 17.0 Å². The molecule has 0 aromatic heterocycles. The third kappa shape index (κ3) is 2.85. The van der Waals surface area contributed by atoms with Gasteiger partial charge in [0.1, 0.15) is 5.75 Å². The Morgan fingerprint density at radius 3 is 2.59 bits per heavy atom. The van der Waals surface area contributed by atoms with Crippen molar-refractivity contribution in [3.05, 3.63) is 71.4 Å². The Labute approximate surface area is 134 Å². The highest BCUT2D eigenvalue weighted by Crippen LogP contribution is 2.38. The molecule has 0 radical (unpaired) electrons. The fourth-order valence-corrected chi connectivity index (χ4v) is 2.80. The Hall–Kier alpha value is -2.26. The molecule has 0 N–H and O–H groups in total. The van der Waals surface area contributed by atoms with Crippen molar-refractivity contribution in [2.24, 2.45) is 0 Å². The van der Waals surface area contributed by atoms with Gasteiger partial charge in [-0.3, -0.25) is 4.79 Å². The maximum atomic E-state index is 11.9. The van der Waals surface area contributed by atoms with E-state index < -0.39 is 0 Å². The van der Waals surface area contributed by atoms with Crippen molar-refractivity contribution in [3.8, 4) is 5.75 Å². The van der Waals surface area contributed by atoms with Crippen molar-refractivity contribution in [3.63, 3.8) is 0 Å². The number of ketones is 1. The van der Waals surface area contributed by atoms with Gasteiger partial charge in [0.2, 0.25) is 0 Å². The molecule has 0 saturated carbocycles. The van der Waals surface area contributed by atoms with Gasteiger partial charge in [0, 0.05) is 17.6 Å². The summed E-state index contributed by atoms with van der Waals surface area (Å²) in [6, 6.07) is 15.3. The van der Waals surface area contributed by atoms with E-state index in [0.29, 0.717) is 11.4 Å². The van der Waals surface area contributed by atoms with Gasteiger partial charge < -0.3 is 9.64 Å². The van der Waals surface area contributed by atoms with Gasteiger partial charge >= 0.3 is 0 Å². The van der Waals surface area contributed by atoms with Crippen molar-refractivity contribution in [2.45, 2.75) is 12.5 Å². The second-order valence-electron chi connectivity index (χ2n) is 5.13. The summed E-state index contributed by atoms with van der Waals surface area (Å²) < 4.78 is 5.45. The lowest BCUT2D eigenvalue weighted by Crippen LogP contribution is -2.29. The van der Waals surface area contributed by atoms with Crippen LogP contribution in [-0.2, 0) is 4.79 Å². The monoisotopic (exact) mass is 313 g/mol. The predicted octanol–water partition coefficient (Wildman–Crippen LogP) is 4.38. The number of allylic oxidation sites excluding steroid dienone is 1. The molecule has 0 fully saturated rings. The van der Waals surface area contributed by atoms with Gasteiger partial charge in [0.25, 0.3) is 0 Å². The minimum absolute atomic E-state index is 0.0638. The summed E-state index contributed by atoms with van der Waals surface area (Å²) in [5, 5.41) is 0.685. The lowest BCUT2D eigenvalue weighted by Gasteiger charge is -2.34. The van der Waals surface area contributed by atoms with E-state index in [-0.39, 0.29) is 11.8 Å². The largest absolute Gasteiger partial charge is 0.495 e. The predicted molar refractivity (Wildman–Crippen MR) is 88.4 cm³/mol. The van der Waals surface area contributed by atoms with Gasteiger partial charge in [0.05, 0.1) is 18.8 Å². The normalized spacial score (nSPS) is 17.6. The topological polar surface area (TPSA) is 29.5 Å². The Kier molecular flexibility index (Phi) is 4.16. The van der Waals surface area contributed by atoms with E-state index >= 15 is 0 Å². The van der Waals surface area contributed by atoms with E-state index in [1.54, 1.807) is 13.2 Å². The molecule has 22 heavy (non-hydrogen) atoms. The number of para-hydroxylation sites is 2. The van der Waals surface area contributed by atoms with Crippen molar-refractivity contribution in [1.29, 1.82) is 0 Å². The molecule has 0 amide bonds. The van der Waals surface area contributed by atoms with Crippen LogP contribution in [0.1, 0.15) is 18.0 Å². The van der Waals surface area contributed by atoms with Crippen LogP contribution in [-0.4, -0.2) is 12.9 Å². The summed E-state index contributed by atoms with van der Waals surface area (Å²) in [7, 11) is 1.65. The maximum absolute atomic E-state index is 11.9. The van der Waals surface area contributed by atoms with E-state index in [1.807, 2.05) is 54.7 Å². The van der Waals surface area contributed by atoms with Gasteiger partial charge in [-0.2, -0.15) is 0 Å². The number of ether oxygens (including phenoxy) is 1. The second-order valence-corrected chi connectivity index (χ2v) is 5.57. The number of hydrogen-bond acceptors (Lipinski definition) is 3. The van der Waals surface area contributed by atoms with E-state index in [2.05, 4.69) is 4.90 Å². The molecule has 1 atom stereocenters. The van der Waals surface area contributed by atoms with Crippen LogP contribution in [0.5, 0.6) is 5.75 Å². The summed E-state index contributed by atoms with van der Waals surface area (Å²) >= 11 is 5.97. The van der Waals surface area contributed by atoms with Crippen LogP contribution < -0.4 is 9.64 Å². The first kappa shape index (κ1) is 14.7. The van der Waals surface area contributed by atoms with Gasteiger partial charge in [0.15, 0.2) is 5.78 Å². The number of methoxy groups -OCH3 is 1. The molecule has 0 unspecified atom stereocenters. The molecule has 1 aliphatic heterocycles. The van der Waals surface area contributed by atoms with Crippen LogP contribution in [0.2, 0.25) is 5.02 Å². The van der Waals surface area contributed by atoms with E-state index in [1.165, 1.54) is 0 Å². The van der Waals surface area contributed by atoms with Crippen LogP contribution in [0, 0.1) is 0 Å². The van der Waals surface area contributed by atoms with Crippen LogP contribution in [0.15, 0.2) is 60.8 Å². The molecule has 0 aliphatic carbocycles. The molecule has 3 nitrogen and oxygen atoms in total. The number of carbonyl (C=O) groups is 1. The lowest BCUT2D eigenvalue weighted by molar-refractivity contribution is -0.115. The van der Waals surface area contributed by atoms with Gasteiger partial charge in [-0.15, -0.1) is 0 Å². The fraction of sp³-hybridized carbons (Fsp3) is 0.167. The summed E-state index contributed by atoms with van der Waals surface area (Å²) in [4.78, 5) is 13.9. The minimum atomic E-state index is -0.0638. The van der Waals surface area contributed by atoms with E-state index in [9.17, 15) is 4.79 Å². The summed E-state index contributed by atoms with van der Waals surface area (Å²) in [5.74, 6) is 0.895. The molecule has 1 aliphatic rings. The Morgan fingerprint density at radius 1 is 1.14 bits per heavy atom.